The van der Waals surface area contributed by atoms with Gasteiger partial charge in [0, 0.05) is 31.8 Å². The predicted molar refractivity (Wildman–Crippen MR) is 73.8 cm³/mol. The van der Waals surface area contributed by atoms with Crippen LogP contribution in [-0.2, 0) is 4.74 Å². The first-order chi connectivity index (χ1) is 9.02. The van der Waals surface area contributed by atoms with E-state index in [4.69, 9.17) is 4.74 Å². The first-order valence-electron chi connectivity index (χ1n) is 7.10. The minimum atomic E-state index is -4.14. The summed E-state index contributed by atoms with van der Waals surface area (Å²) in [6.45, 7) is 7.78. The van der Waals surface area contributed by atoms with Gasteiger partial charge in [0.25, 0.3) is 0 Å². The highest BCUT2D eigenvalue weighted by atomic mass is 19.4. The quantitative estimate of drug-likeness (QED) is 0.844. The smallest absolute Gasteiger partial charge is 0.381 e. The molecule has 120 valence electrons. The zero-order chi connectivity index (χ0) is 15.4. The molecule has 20 heavy (non-hydrogen) atoms. The molecule has 3 nitrogen and oxygen atoms in total. The van der Waals surface area contributed by atoms with E-state index in [0.29, 0.717) is 19.8 Å². The Hall–Kier alpha value is -0.330. The number of nitrogens with zero attached hydrogens (tertiary/aromatic N) is 1. The van der Waals surface area contributed by atoms with Gasteiger partial charge in [0.05, 0.1) is 6.54 Å². The van der Waals surface area contributed by atoms with E-state index in [-0.39, 0.29) is 11.0 Å². The van der Waals surface area contributed by atoms with Gasteiger partial charge in [0.2, 0.25) is 0 Å². The van der Waals surface area contributed by atoms with Crippen molar-refractivity contribution in [1.29, 1.82) is 0 Å². The molecule has 0 spiro atoms. The number of halogens is 3. The molecular formula is C14H27F3N2O. The Bertz CT molecular complexity index is 294. The van der Waals surface area contributed by atoms with Crippen molar-refractivity contribution in [2.45, 2.75) is 45.3 Å². The molecule has 0 aliphatic carbocycles. The topological polar surface area (TPSA) is 24.5 Å². The Morgan fingerprint density at radius 3 is 2.15 bits per heavy atom. The van der Waals surface area contributed by atoms with Gasteiger partial charge in [-0.3, -0.25) is 4.90 Å². The van der Waals surface area contributed by atoms with Crippen molar-refractivity contribution in [2.75, 3.05) is 39.9 Å². The maximum atomic E-state index is 12.5. The summed E-state index contributed by atoms with van der Waals surface area (Å²) >= 11 is 0. The molecule has 0 aromatic carbocycles. The molecule has 0 bridgehead atoms. The van der Waals surface area contributed by atoms with Gasteiger partial charge in [-0.05, 0) is 46.1 Å². The number of nitrogens with one attached hydrogen (secondary N) is 1. The van der Waals surface area contributed by atoms with Gasteiger partial charge < -0.3 is 10.1 Å². The predicted octanol–water partition coefficient (Wildman–Crippen LogP) is 2.67. The zero-order valence-corrected chi connectivity index (χ0v) is 12.9. The average molecular weight is 296 g/mol. The van der Waals surface area contributed by atoms with Crippen LogP contribution in [0.25, 0.3) is 0 Å². The number of hydrogen-bond donors (Lipinski definition) is 1. The van der Waals surface area contributed by atoms with Crippen LogP contribution in [0.5, 0.6) is 0 Å². The van der Waals surface area contributed by atoms with Crippen molar-refractivity contribution in [3.63, 3.8) is 0 Å². The van der Waals surface area contributed by atoms with Gasteiger partial charge in [-0.15, -0.1) is 0 Å². The molecule has 1 aliphatic rings. The van der Waals surface area contributed by atoms with Crippen molar-refractivity contribution in [3.05, 3.63) is 0 Å². The van der Waals surface area contributed by atoms with Crippen molar-refractivity contribution in [3.8, 4) is 0 Å². The third kappa shape index (κ3) is 6.90. The second-order valence-electron chi connectivity index (χ2n) is 7.00. The molecule has 1 fully saturated rings. The van der Waals surface area contributed by atoms with Gasteiger partial charge in [0.15, 0.2) is 0 Å². The molecule has 0 aromatic heterocycles. The number of alkyl halides is 3. The molecule has 0 unspecified atom stereocenters. The first-order valence-corrected chi connectivity index (χ1v) is 7.10. The molecule has 0 amide bonds. The first kappa shape index (κ1) is 17.7. The van der Waals surface area contributed by atoms with E-state index in [9.17, 15) is 13.2 Å². The summed E-state index contributed by atoms with van der Waals surface area (Å²) in [5.41, 5.74) is -0.167. The van der Waals surface area contributed by atoms with Gasteiger partial charge in [-0.2, -0.15) is 13.2 Å². The number of hydrogen-bond acceptors (Lipinski definition) is 3. The fourth-order valence-corrected chi connectivity index (χ4v) is 2.58. The van der Waals surface area contributed by atoms with E-state index in [1.165, 1.54) is 4.90 Å². The highest BCUT2D eigenvalue weighted by molar-refractivity contribution is 4.89. The van der Waals surface area contributed by atoms with Crippen molar-refractivity contribution in [2.24, 2.45) is 5.41 Å². The van der Waals surface area contributed by atoms with Crippen LogP contribution in [0.1, 0.15) is 33.6 Å². The molecule has 0 atom stereocenters. The van der Waals surface area contributed by atoms with Gasteiger partial charge in [0.1, 0.15) is 0 Å². The lowest BCUT2D eigenvalue weighted by Gasteiger charge is -2.42. The van der Waals surface area contributed by atoms with Gasteiger partial charge in [-0.25, -0.2) is 0 Å². The van der Waals surface area contributed by atoms with E-state index < -0.39 is 12.7 Å². The van der Waals surface area contributed by atoms with Crippen LogP contribution in [0, 0.1) is 5.41 Å². The van der Waals surface area contributed by atoms with Crippen LogP contribution in [0.4, 0.5) is 13.2 Å². The molecule has 1 saturated heterocycles. The van der Waals surface area contributed by atoms with Crippen LogP contribution in [-0.4, -0.2) is 56.5 Å². The van der Waals surface area contributed by atoms with Crippen LogP contribution in [0.3, 0.4) is 0 Å². The van der Waals surface area contributed by atoms with Crippen LogP contribution < -0.4 is 5.32 Å². The highest BCUT2D eigenvalue weighted by Crippen LogP contribution is 2.32. The standard InChI is InChI=1S/C14H27F3N2O/c1-12(2,3)18-9-13(5-7-20-8-6-13)10-19(4)11-14(15,16)17/h18H,5-11H2,1-4H3. The van der Waals surface area contributed by atoms with E-state index in [1.807, 2.05) is 0 Å². The molecule has 1 aliphatic heterocycles. The van der Waals surface area contributed by atoms with Gasteiger partial charge in [-0.1, -0.05) is 0 Å². The molecule has 1 N–H and O–H groups in total. The van der Waals surface area contributed by atoms with Crippen molar-refractivity contribution >= 4 is 0 Å². The highest BCUT2D eigenvalue weighted by Gasteiger charge is 2.37. The third-order valence-electron chi connectivity index (χ3n) is 3.60. The van der Waals surface area contributed by atoms with E-state index in [0.717, 1.165) is 19.4 Å². The van der Waals surface area contributed by atoms with Crippen LogP contribution >= 0.6 is 0 Å². The number of rotatable bonds is 5. The van der Waals surface area contributed by atoms with Crippen LogP contribution in [0.15, 0.2) is 0 Å². The molecule has 1 heterocycles. The molecule has 0 aromatic rings. The maximum Gasteiger partial charge on any atom is 0.401 e. The summed E-state index contributed by atoms with van der Waals surface area (Å²) in [6.07, 6.45) is -2.53. The minimum Gasteiger partial charge on any atom is -0.381 e. The Kier molecular flexibility index (Phi) is 5.87. The lowest BCUT2D eigenvalue weighted by molar-refractivity contribution is -0.147. The summed E-state index contributed by atoms with van der Waals surface area (Å²) < 4.78 is 42.8. The SMILES string of the molecule is CN(CC(F)(F)F)CC1(CNC(C)(C)C)CCOCC1. The second-order valence-corrected chi connectivity index (χ2v) is 7.00. The molecule has 0 radical (unpaired) electrons. The summed E-state index contributed by atoms with van der Waals surface area (Å²) in [5.74, 6) is 0. The van der Waals surface area contributed by atoms with E-state index in [1.54, 1.807) is 7.05 Å². The lowest BCUT2D eigenvalue weighted by Crippen LogP contribution is -2.51. The van der Waals surface area contributed by atoms with Crippen LogP contribution in [0.2, 0.25) is 0 Å². The third-order valence-corrected chi connectivity index (χ3v) is 3.60. The molecule has 6 heteroatoms. The van der Waals surface area contributed by atoms with Gasteiger partial charge >= 0.3 is 6.18 Å². The largest absolute Gasteiger partial charge is 0.401 e. The minimum absolute atomic E-state index is 0.0338. The van der Waals surface area contributed by atoms with E-state index >= 15 is 0 Å². The Morgan fingerprint density at radius 2 is 1.70 bits per heavy atom. The fourth-order valence-electron chi connectivity index (χ4n) is 2.58. The van der Waals surface area contributed by atoms with Crippen molar-refractivity contribution < 1.29 is 17.9 Å². The normalized spacial score (nSPS) is 20.4. The summed E-state index contributed by atoms with van der Waals surface area (Å²) in [5, 5.41) is 3.44. The van der Waals surface area contributed by atoms with Crippen molar-refractivity contribution in [1.82, 2.24) is 10.2 Å². The maximum absolute atomic E-state index is 12.5. The molecule has 0 saturated carbocycles. The zero-order valence-electron chi connectivity index (χ0n) is 12.9. The Balaban J connectivity index is 2.63. The average Bonchev–Trinajstić information content (AvgIpc) is 2.24. The molecule has 1 rings (SSSR count). The number of ether oxygens (including phenoxy) is 1. The summed E-state index contributed by atoms with van der Waals surface area (Å²) in [7, 11) is 1.54. The lowest BCUT2D eigenvalue weighted by atomic mass is 9.79. The Labute approximate surface area is 119 Å². The molecular weight excluding hydrogens is 269 g/mol. The summed E-state index contributed by atoms with van der Waals surface area (Å²) in [4.78, 5) is 1.38. The monoisotopic (exact) mass is 296 g/mol. The fraction of sp³-hybridized carbons (Fsp3) is 1.00. The Morgan fingerprint density at radius 1 is 1.15 bits per heavy atom. The summed E-state index contributed by atoms with van der Waals surface area (Å²) in [6, 6.07) is 0. The van der Waals surface area contributed by atoms with E-state index in [2.05, 4.69) is 26.1 Å². The second kappa shape index (κ2) is 6.62.